The van der Waals surface area contributed by atoms with Crippen LogP contribution in [0.5, 0.6) is 0 Å². The van der Waals surface area contributed by atoms with Crippen LogP contribution in [-0.4, -0.2) is 12.5 Å². The van der Waals surface area contributed by atoms with Crippen molar-refractivity contribution in [3.63, 3.8) is 0 Å². The number of hydrogen-bond acceptors (Lipinski definition) is 3. The van der Waals surface area contributed by atoms with Crippen molar-refractivity contribution in [2.24, 2.45) is 5.92 Å². The maximum Gasteiger partial charge on any atom is 0.253 e. The first kappa shape index (κ1) is 15.6. The Morgan fingerprint density at radius 1 is 1.19 bits per heavy atom. The van der Waals surface area contributed by atoms with E-state index in [1.54, 1.807) is 11.3 Å². The van der Waals surface area contributed by atoms with Crippen molar-refractivity contribution in [2.75, 3.05) is 11.9 Å². The number of rotatable bonds is 6. The van der Waals surface area contributed by atoms with Crippen LogP contribution in [0, 0.1) is 5.92 Å². The number of carbonyl (C=O) groups is 1. The van der Waals surface area contributed by atoms with Gasteiger partial charge in [-0.3, -0.25) is 4.79 Å². The molecule has 21 heavy (non-hydrogen) atoms. The first-order chi connectivity index (χ1) is 10.1. The predicted molar refractivity (Wildman–Crippen MR) is 90.0 cm³/mol. The quantitative estimate of drug-likeness (QED) is 0.835. The van der Waals surface area contributed by atoms with E-state index in [2.05, 4.69) is 30.5 Å². The van der Waals surface area contributed by atoms with Gasteiger partial charge in [-0.1, -0.05) is 32.0 Å². The lowest BCUT2D eigenvalue weighted by Gasteiger charge is -2.22. The second-order valence-corrected chi connectivity index (χ2v) is 6.27. The summed E-state index contributed by atoms with van der Waals surface area (Å²) in [7, 11) is 0. The number of benzene rings is 1. The number of hydrogen-bond donors (Lipinski definition) is 2. The smallest absolute Gasteiger partial charge is 0.253 e. The molecule has 1 amide bonds. The van der Waals surface area contributed by atoms with Gasteiger partial charge in [-0.2, -0.15) is 0 Å². The summed E-state index contributed by atoms with van der Waals surface area (Å²) in [5, 5.41) is 8.45. The van der Waals surface area contributed by atoms with Gasteiger partial charge >= 0.3 is 0 Å². The summed E-state index contributed by atoms with van der Waals surface area (Å²) in [6, 6.07) is 11.8. The topological polar surface area (TPSA) is 41.1 Å². The van der Waals surface area contributed by atoms with Crippen LogP contribution in [0.2, 0.25) is 0 Å². The monoisotopic (exact) mass is 302 g/mol. The molecule has 0 saturated heterocycles. The zero-order chi connectivity index (χ0) is 15.2. The second kappa shape index (κ2) is 7.27. The van der Waals surface area contributed by atoms with Crippen molar-refractivity contribution in [2.45, 2.75) is 26.8 Å². The summed E-state index contributed by atoms with van der Waals surface area (Å²) in [6.07, 6.45) is 0. The maximum atomic E-state index is 12.6. The van der Waals surface area contributed by atoms with E-state index in [-0.39, 0.29) is 11.9 Å². The van der Waals surface area contributed by atoms with E-state index < -0.39 is 0 Å². The lowest BCUT2D eigenvalue weighted by atomic mass is 10.0. The van der Waals surface area contributed by atoms with Gasteiger partial charge in [0.05, 0.1) is 11.6 Å². The lowest BCUT2D eigenvalue weighted by Crippen LogP contribution is -2.31. The van der Waals surface area contributed by atoms with Crippen LogP contribution >= 0.6 is 11.3 Å². The zero-order valence-corrected chi connectivity index (χ0v) is 13.5. The van der Waals surface area contributed by atoms with Gasteiger partial charge in [-0.25, -0.2) is 0 Å². The summed E-state index contributed by atoms with van der Waals surface area (Å²) in [5.41, 5.74) is 1.58. The molecule has 2 N–H and O–H groups in total. The fourth-order valence-corrected chi connectivity index (χ4v) is 3.23. The Morgan fingerprint density at radius 3 is 2.57 bits per heavy atom. The Hall–Kier alpha value is -1.81. The normalized spacial score (nSPS) is 12.2. The molecule has 0 spiro atoms. The summed E-state index contributed by atoms with van der Waals surface area (Å²) in [4.78, 5) is 13.8. The van der Waals surface area contributed by atoms with Gasteiger partial charge in [0.25, 0.3) is 5.91 Å². The molecule has 2 aromatic rings. The highest BCUT2D eigenvalue weighted by Gasteiger charge is 2.21. The maximum absolute atomic E-state index is 12.6. The Bertz CT molecular complexity index is 578. The molecule has 1 aromatic heterocycles. The van der Waals surface area contributed by atoms with E-state index >= 15 is 0 Å². The fraction of sp³-hybridized carbons (Fsp3) is 0.353. The Morgan fingerprint density at radius 2 is 1.95 bits per heavy atom. The lowest BCUT2D eigenvalue weighted by molar-refractivity contribution is 0.0927. The minimum absolute atomic E-state index is 0.0290. The standard InChI is InChI=1S/C17H22N2OS/c1-4-18-14-9-6-5-8-13(14)17(20)19-16(12(2)3)15-10-7-11-21-15/h5-12,16,18H,4H2,1-3H3,(H,19,20). The number of nitrogens with one attached hydrogen (secondary N) is 2. The first-order valence-corrected chi connectivity index (χ1v) is 8.18. The van der Waals surface area contributed by atoms with Gasteiger partial charge in [-0.05, 0) is 36.4 Å². The van der Waals surface area contributed by atoms with Crippen LogP contribution < -0.4 is 10.6 Å². The molecule has 3 nitrogen and oxygen atoms in total. The third-order valence-corrected chi connectivity index (χ3v) is 4.30. The van der Waals surface area contributed by atoms with Crippen molar-refractivity contribution in [3.05, 3.63) is 52.2 Å². The molecule has 1 atom stereocenters. The average Bonchev–Trinajstić information content (AvgIpc) is 2.99. The van der Waals surface area contributed by atoms with Crippen LogP contribution in [-0.2, 0) is 0 Å². The Kier molecular flexibility index (Phi) is 5.39. The van der Waals surface area contributed by atoms with E-state index in [0.29, 0.717) is 11.5 Å². The van der Waals surface area contributed by atoms with Crippen LogP contribution in [0.1, 0.15) is 42.0 Å². The van der Waals surface area contributed by atoms with E-state index in [9.17, 15) is 4.79 Å². The molecule has 1 aromatic carbocycles. The number of anilines is 1. The molecule has 1 heterocycles. The molecule has 0 bridgehead atoms. The molecule has 0 radical (unpaired) electrons. The molecule has 112 valence electrons. The summed E-state index contributed by atoms with van der Waals surface area (Å²) < 4.78 is 0. The molecule has 4 heteroatoms. The molecule has 2 rings (SSSR count). The molecule has 0 saturated carbocycles. The van der Waals surface area contributed by atoms with Crippen LogP contribution in [0.25, 0.3) is 0 Å². The number of amides is 1. The van der Waals surface area contributed by atoms with Gasteiger partial charge in [0.2, 0.25) is 0 Å². The van der Waals surface area contributed by atoms with Crippen molar-refractivity contribution in [3.8, 4) is 0 Å². The number of carbonyl (C=O) groups excluding carboxylic acids is 1. The molecule has 0 fully saturated rings. The number of para-hydroxylation sites is 1. The highest BCUT2D eigenvalue weighted by atomic mass is 32.1. The predicted octanol–water partition coefficient (Wildman–Crippen LogP) is 4.31. The van der Waals surface area contributed by atoms with E-state index in [1.165, 1.54) is 4.88 Å². The van der Waals surface area contributed by atoms with Gasteiger partial charge in [0.15, 0.2) is 0 Å². The van der Waals surface area contributed by atoms with Crippen molar-refractivity contribution >= 4 is 22.9 Å². The first-order valence-electron chi connectivity index (χ1n) is 7.30. The minimum atomic E-state index is -0.0290. The molecule has 0 aliphatic heterocycles. The van der Waals surface area contributed by atoms with Crippen molar-refractivity contribution < 1.29 is 4.79 Å². The third kappa shape index (κ3) is 3.85. The van der Waals surface area contributed by atoms with Gasteiger partial charge in [0, 0.05) is 17.1 Å². The number of thiophene rings is 1. The summed E-state index contributed by atoms with van der Waals surface area (Å²) >= 11 is 1.68. The summed E-state index contributed by atoms with van der Waals surface area (Å²) in [6.45, 7) is 7.07. The van der Waals surface area contributed by atoms with Crippen LogP contribution in [0.3, 0.4) is 0 Å². The van der Waals surface area contributed by atoms with Crippen molar-refractivity contribution in [1.82, 2.24) is 5.32 Å². The highest BCUT2D eigenvalue weighted by molar-refractivity contribution is 7.10. The van der Waals surface area contributed by atoms with E-state index in [1.807, 2.05) is 42.6 Å². The average molecular weight is 302 g/mol. The Labute approximate surface area is 130 Å². The molecule has 0 aliphatic carbocycles. The van der Waals surface area contributed by atoms with Gasteiger partial charge < -0.3 is 10.6 Å². The minimum Gasteiger partial charge on any atom is -0.385 e. The molecular weight excluding hydrogens is 280 g/mol. The van der Waals surface area contributed by atoms with Crippen LogP contribution in [0.4, 0.5) is 5.69 Å². The SMILES string of the molecule is CCNc1ccccc1C(=O)NC(c1cccs1)C(C)C. The van der Waals surface area contributed by atoms with E-state index in [4.69, 9.17) is 0 Å². The summed E-state index contributed by atoms with van der Waals surface area (Å²) in [5.74, 6) is 0.317. The third-order valence-electron chi connectivity index (χ3n) is 3.34. The second-order valence-electron chi connectivity index (χ2n) is 5.29. The zero-order valence-electron chi connectivity index (χ0n) is 12.7. The molecule has 1 unspecified atom stereocenters. The van der Waals surface area contributed by atoms with Gasteiger partial charge in [0.1, 0.15) is 0 Å². The van der Waals surface area contributed by atoms with E-state index in [0.717, 1.165) is 12.2 Å². The fourth-order valence-electron chi connectivity index (χ4n) is 2.28. The highest BCUT2D eigenvalue weighted by Crippen LogP contribution is 2.26. The molecular formula is C17H22N2OS. The van der Waals surface area contributed by atoms with Crippen LogP contribution in [0.15, 0.2) is 41.8 Å². The Balaban J connectivity index is 2.20. The largest absolute Gasteiger partial charge is 0.385 e. The van der Waals surface area contributed by atoms with Crippen molar-refractivity contribution in [1.29, 1.82) is 0 Å². The molecule has 0 aliphatic rings. The van der Waals surface area contributed by atoms with Gasteiger partial charge in [-0.15, -0.1) is 11.3 Å².